The minimum absolute atomic E-state index is 0.0882. The Bertz CT molecular complexity index is 1040. The highest BCUT2D eigenvalue weighted by atomic mass is 32.2. The molecule has 0 fully saturated rings. The smallest absolute Gasteiger partial charge is 0.251 e. The normalized spacial score (nSPS) is 11.1. The summed E-state index contributed by atoms with van der Waals surface area (Å²) >= 11 is 1.58. The third kappa shape index (κ3) is 5.95. The molecule has 0 radical (unpaired) electrons. The zero-order chi connectivity index (χ0) is 22.2. The summed E-state index contributed by atoms with van der Waals surface area (Å²) in [6, 6.07) is 5.73. The van der Waals surface area contributed by atoms with Gasteiger partial charge in [0.15, 0.2) is 10.8 Å². The van der Waals surface area contributed by atoms with Crippen LogP contribution in [0.25, 0.3) is 11.0 Å². The Morgan fingerprint density at radius 3 is 2.74 bits per heavy atom. The Balaban J connectivity index is 1.70. The standard InChI is InChI=1S/C22H30N6O2S/c1-5-30-12-10-23-19-18-14-25-28(20(18)27-22(26-19)31-6-2)11-9-24-21(29)17-8-7-15(3)16(4)13-17/h7-8,13-14H,5-6,9-12H2,1-4H3,(H,24,29)(H,23,26,27). The molecule has 0 bridgehead atoms. The molecule has 0 aliphatic rings. The zero-order valence-electron chi connectivity index (χ0n) is 18.6. The molecular weight excluding hydrogens is 412 g/mol. The van der Waals surface area contributed by atoms with Crippen LogP contribution in [0.15, 0.2) is 29.6 Å². The van der Waals surface area contributed by atoms with Crippen LogP contribution in [0, 0.1) is 13.8 Å². The maximum Gasteiger partial charge on any atom is 0.251 e. The number of aromatic nitrogens is 4. The number of fused-ring (bicyclic) bond motifs is 1. The second-order valence-corrected chi connectivity index (χ2v) is 8.30. The summed E-state index contributed by atoms with van der Waals surface area (Å²) in [5.74, 6) is 1.55. The average molecular weight is 443 g/mol. The van der Waals surface area contributed by atoms with E-state index in [1.807, 2.05) is 43.7 Å². The van der Waals surface area contributed by atoms with E-state index in [0.717, 1.165) is 28.2 Å². The van der Waals surface area contributed by atoms with Gasteiger partial charge in [0.1, 0.15) is 5.82 Å². The fourth-order valence-electron chi connectivity index (χ4n) is 3.07. The van der Waals surface area contributed by atoms with E-state index in [4.69, 9.17) is 4.74 Å². The van der Waals surface area contributed by atoms with E-state index in [-0.39, 0.29) is 5.91 Å². The highest BCUT2D eigenvalue weighted by molar-refractivity contribution is 7.99. The van der Waals surface area contributed by atoms with Gasteiger partial charge >= 0.3 is 0 Å². The summed E-state index contributed by atoms with van der Waals surface area (Å²) in [7, 11) is 0. The van der Waals surface area contributed by atoms with Crippen molar-refractivity contribution < 1.29 is 9.53 Å². The topological polar surface area (TPSA) is 94.0 Å². The van der Waals surface area contributed by atoms with Crippen LogP contribution in [-0.2, 0) is 11.3 Å². The number of hydrogen-bond acceptors (Lipinski definition) is 7. The first-order valence-electron chi connectivity index (χ1n) is 10.6. The largest absolute Gasteiger partial charge is 0.380 e. The van der Waals surface area contributed by atoms with Crippen molar-refractivity contribution in [2.24, 2.45) is 0 Å². The monoisotopic (exact) mass is 442 g/mol. The molecule has 0 saturated carbocycles. The van der Waals surface area contributed by atoms with Crippen molar-refractivity contribution in [1.29, 1.82) is 0 Å². The Morgan fingerprint density at radius 2 is 2.00 bits per heavy atom. The first kappa shape index (κ1) is 23.0. The number of aryl methyl sites for hydroxylation is 2. The number of rotatable bonds is 11. The molecule has 8 nitrogen and oxygen atoms in total. The molecule has 0 unspecified atom stereocenters. The van der Waals surface area contributed by atoms with Crippen molar-refractivity contribution in [2.45, 2.75) is 39.4 Å². The Morgan fingerprint density at radius 1 is 1.16 bits per heavy atom. The molecule has 166 valence electrons. The number of carbonyl (C=O) groups excluding carboxylic acids is 1. The van der Waals surface area contributed by atoms with Gasteiger partial charge in [-0.2, -0.15) is 5.10 Å². The molecule has 0 aliphatic heterocycles. The van der Waals surface area contributed by atoms with Crippen molar-refractivity contribution in [2.75, 3.05) is 37.4 Å². The van der Waals surface area contributed by atoms with Crippen molar-refractivity contribution in [3.8, 4) is 0 Å². The van der Waals surface area contributed by atoms with Crippen LogP contribution in [0.4, 0.5) is 5.82 Å². The first-order chi connectivity index (χ1) is 15.0. The van der Waals surface area contributed by atoms with Gasteiger partial charge in [0.05, 0.1) is 24.7 Å². The summed E-state index contributed by atoms with van der Waals surface area (Å²) in [5, 5.41) is 12.3. The quantitative estimate of drug-likeness (QED) is 0.267. The number of thioether (sulfide) groups is 1. The second kappa shape index (κ2) is 11.1. The number of benzene rings is 1. The van der Waals surface area contributed by atoms with Gasteiger partial charge in [-0.05, 0) is 49.8 Å². The van der Waals surface area contributed by atoms with E-state index in [0.29, 0.717) is 43.6 Å². The van der Waals surface area contributed by atoms with Gasteiger partial charge in [-0.3, -0.25) is 4.79 Å². The molecular formula is C22H30N6O2S. The minimum atomic E-state index is -0.0882. The molecule has 2 aromatic heterocycles. The number of hydrogen-bond donors (Lipinski definition) is 2. The van der Waals surface area contributed by atoms with Crippen molar-refractivity contribution >= 4 is 34.5 Å². The molecule has 2 heterocycles. The van der Waals surface area contributed by atoms with Gasteiger partial charge in [0.2, 0.25) is 0 Å². The first-order valence-corrected chi connectivity index (χ1v) is 11.6. The van der Waals surface area contributed by atoms with E-state index < -0.39 is 0 Å². The predicted molar refractivity (Wildman–Crippen MR) is 125 cm³/mol. The average Bonchev–Trinajstić information content (AvgIpc) is 3.16. The molecule has 3 aromatic rings. The summed E-state index contributed by atoms with van der Waals surface area (Å²) < 4.78 is 7.21. The Hall–Kier alpha value is -2.65. The van der Waals surface area contributed by atoms with Crippen molar-refractivity contribution in [3.05, 3.63) is 41.1 Å². The number of anilines is 1. The van der Waals surface area contributed by atoms with Crippen molar-refractivity contribution in [3.63, 3.8) is 0 Å². The lowest BCUT2D eigenvalue weighted by Crippen LogP contribution is -2.27. The molecule has 31 heavy (non-hydrogen) atoms. The molecule has 9 heteroatoms. The lowest BCUT2D eigenvalue weighted by Gasteiger charge is -2.10. The summed E-state index contributed by atoms with van der Waals surface area (Å²) in [5.41, 5.74) is 3.70. The number of amides is 1. The molecule has 0 saturated heterocycles. The van der Waals surface area contributed by atoms with E-state index in [1.54, 1.807) is 18.0 Å². The van der Waals surface area contributed by atoms with Crippen molar-refractivity contribution in [1.82, 2.24) is 25.1 Å². The van der Waals surface area contributed by atoms with Crippen LogP contribution in [0.2, 0.25) is 0 Å². The van der Waals surface area contributed by atoms with Gasteiger partial charge in [-0.1, -0.05) is 24.8 Å². The summed E-state index contributed by atoms with van der Waals surface area (Å²) in [6.07, 6.45) is 1.77. The van der Waals surface area contributed by atoms with Crippen LogP contribution in [0.5, 0.6) is 0 Å². The zero-order valence-corrected chi connectivity index (χ0v) is 19.4. The Labute approximate surface area is 187 Å². The number of carbonyl (C=O) groups is 1. The second-order valence-electron chi connectivity index (χ2n) is 7.07. The van der Waals surface area contributed by atoms with Gasteiger partial charge in [0.25, 0.3) is 5.91 Å². The van der Waals surface area contributed by atoms with Gasteiger partial charge in [0, 0.05) is 25.3 Å². The Kier molecular flexibility index (Phi) is 8.25. The summed E-state index contributed by atoms with van der Waals surface area (Å²) in [4.78, 5) is 21.8. The third-order valence-corrected chi connectivity index (χ3v) is 5.60. The molecule has 2 N–H and O–H groups in total. The van der Waals surface area contributed by atoms with Gasteiger partial charge in [-0.25, -0.2) is 14.6 Å². The maximum atomic E-state index is 12.5. The van der Waals surface area contributed by atoms with E-state index in [2.05, 4.69) is 32.6 Å². The minimum Gasteiger partial charge on any atom is -0.380 e. The highest BCUT2D eigenvalue weighted by Gasteiger charge is 2.14. The van der Waals surface area contributed by atoms with Gasteiger partial charge in [-0.15, -0.1) is 0 Å². The highest BCUT2D eigenvalue weighted by Crippen LogP contribution is 2.24. The van der Waals surface area contributed by atoms with Crippen LogP contribution in [-0.4, -0.2) is 57.7 Å². The molecule has 1 amide bonds. The van der Waals surface area contributed by atoms with Gasteiger partial charge < -0.3 is 15.4 Å². The SMILES string of the molecule is CCOCCNc1nc(SCC)nc2c1cnn2CCNC(=O)c1ccc(C)c(C)c1. The third-order valence-electron chi connectivity index (χ3n) is 4.87. The molecule has 0 atom stereocenters. The van der Waals surface area contributed by atoms with Crippen LogP contribution < -0.4 is 10.6 Å². The summed E-state index contributed by atoms with van der Waals surface area (Å²) in [6.45, 7) is 11.0. The van der Waals surface area contributed by atoms with Crippen LogP contribution >= 0.6 is 11.8 Å². The fourth-order valence-corrected chi connectivity index (χ4v) is 3.64. The van der Waals surface area contributed by atoms with E-state index in [9.17, 15) is 4.79 Å². The van der Waals surface area contributed by atoms with E-state index in [1.165, 1.54) is 5.56 Å². The number of ether oxygens (including phenoxy) is 1. The fraction of sp³-hybridized carbons (Fsp3) is 0.455. The maximum absolute atomic E-state index is 12.5. The molecule has 0 aliphatic carbocycles. The lowest BCUT2D eigenvalue weighted by atomic mass is 10.1. The van der Waals surface area contributed by atoms with Crippen LogP contribution in [0.1, 0.15) is 35.3 Å². The lowest BCUT2D eigenvalue weighted by molar-refractivity contribution is 0.0952. The number of nitrogens with zero attached hydrogens (tertiary/aromatic N) is 4. The van der Waals surface area contributed by atoms with E-state index >= 15 is 0 Å². The molecule has 0 spiro atoms. The molecule has 3 rings (SSSR count). The molecule has 1 aromatic carbocycles. The van der Waals surface area contributed by atoms with Crippen LogP contribution in [0.3, 0.4) is 0 Å². The number of nitrogens with one attached hydrogen (secondary N) is 2. The predicted octanol–water partition coefficient (Wildman–Crippen LogP) is 3.43.